The number of hydrogen-bond acceptors (Lipinski definition) is 3. The molecule has 21 heavy (non-hydrogen) atoms. The van der Waals surface area contributed by atoms with Gasteiger partial charge in [0.05, 0.1) is 23.2 Å². The molecule has 2 nitrogen and oxygen atoms in total. The van der Waals surface area contributed by atoms with E-state index in [2.05, 4.69) is 37.9 Å². The molecule has 0 aliphatic carbocycles. The van der Waals surface area contributed by atoms with Crippen LogP contribution in [0.25, 0.3) is 0 Å². The van der Waals surface area contributed by atoms with E-state index in [4.69, 9.17) is 16.3 Å². The molecule has 0 atom stereocenters. The summed E-state index contributed by atoms with van der Waals surface area (Å²) in [7, 11) is 0. The molecule has 1 aromatic carbocycles. The second-order valence-electron chi connectivity index (χ2n) is 5.33. The Labute approximate surface area is 136 Å². The van der Waals surface area contributed by atoms with Crippen molar-refractivity contribution in [2.75, 3.05) is 6.61 Å². The zero-order valence-corrected chi connectivity index (χ0v) is 14.5. The molecule has 0 amide bonds. The highest BCUT2D eigenvalue weighted by atomic mass is 35.5. The Kier molecular flexibility index (Phi) is 6.07. The number of halogens is 1. The second-order valence-corrected chi connectivity index (χ2v) is 6.54. The molecule has 2 rings (SSSR count). The topological polar surface area (TPSA) is 22.1 Å². The summed E-state index contributed by atoms with van der Waals surface area (Å²) in [6.07, 6.45) is 3.15. The molecule has 0 N–H and O–H groups in total. The Bertz CT molecular complexity index is 594. The minimum absolute atomic E-state index is 0.505. The van der Waals surface area contributed by atoms with Crippen LogP contribution < -0.4 is 4.74 Å². The van der Waals surface area contributed by atoms with E-state index in [9.17, 15) is 0 Å². The van der Waals surface area contributed by atoms with Crippen molar-refractivity contribution >= 4 is 22.9 Å². The molecule has 0 aliphatic rings. The molecule has 0 radical (unpaired) electrons. The molecule has 0 bridgehead atoms. The zero-order chi connectivity index (χ0) is 15.2. The number of alkyl halides is 1. The standard InChI is InChI=1S/C17H22ClNOS/c1-12-7-8-13(2)17(14(12)3)20-9-5-4-6-16-19-15(10-18)11-21-16/h7-8,11H,4-6,9-10H2,1-3H3. The highest BCUT2D eigenvalue weighted by Crippen LogP contribution is 2.26. The zero-order valence-electron chi connectivity index (χ0n) is 12.9. The van der Waals surface area contributed by atoms with Crippen LogP contribution in [0, 0.1) is 20.8 Å². The monoisotopic (exact) mass is 323 g/mol. The lowest BCUT2D eigenvalue weighted by Gasteiger charge is -2.13. The van der Waals surface area contributed by atoms with Gasteiger partial charge < -0.3 is 4.74 Å². The molecular formula is C17H22ClNOS. The Morgan fingerprint density at radius 2 is 1.90 bits per heavy atom. The Morgan fingerprint density at radius 1 is 1.14 bits per heavy atom. The molecule has 0 fully saturated rings. The molecule has 0 saturated heterocycles. The maximum absolute atomic E-state index is 5.97. The van der Waals surface area contributed by atoms with E-state index in [1.165, 1.54) is 21.7 Å². The predicted molar refractivity (Wildman–Crippen MR) is 90.8 cm³/mol. The van der Waals surface area contributed by atoms with E-state index >= 15 is 0 Å². The third-order valence-corrected chi connectivity index (χ3v) is 4.87. The van der Waals surface area contributed by atoms with Crippen LogP contribution in [0.1, 0.15) is 40.2 Å². The average Bonchev–Trinajstić information content (AvgIpc) is 2.94. The fourth-order valence-corrected chi connectivity index (χ4v) is 3.29. The molecule has 4 heteroatoms. The van der Waals surface area contributed by atoms with Gasteiger partial charge in [-0.15, -0.1) is 22.9 Å². The van der Waals surface area contributed by atoms with Crippen LogP contribution in [0.15, 0.2) is 17.5 Å². The maximum Gasteiger partial charge on any atom is 0.125 e. The van der Waals surface area contributed by atoms with Gasteiger partial charge in [0.15, 0.2) is 0 Å². The summed E-state index contributed by atoms with van der Waals surface area (Å²) >= 11 is 7.46. The Balaban J connectivity index is 1.76. The van der Waals surface area contributed by atoms with Crippen LogP contribution in [0.4, 0.5) is 0 Å². The molecule has 0 saturated carbocycles. The van der Waals surface area contributed by atoms with Gasteiger partial charge in [-0.3, -0.25) is 0 Å². The van der Waals surface area contributed by atoms with E-state index in [-0.39, 0.29) is 0 Å². The summed E-state index contributed by atoms with van der Waals surface area (Å²) < 4.78 is 5.97. The quantitative estimate of drug-likeness (QED) is 0.515. The summed E-state index contributed by atoms with van der Waals surface area (Å²) in [5.41, 5.74) is 4.73. The third-order valence-electron chi connectivity index (χ3n) is 3.64. The minimum Gasteiger partial charge on any atom is -0.493 e. The predicted octanol–water partition coefficient (Wildman–Crippen LogP) is 5.21. The lowest BCUT2D eigenvalue weighted by molar-refractivity contribution is 0.303. The summed E-state index contributed by atoms with van der Waals surface area (Å²) in [6, 6.07) is 4.27. The third kappa shape index (κ3) is 4.45. The number of ether oxygens (including phenoxy) is 1. The lowest BCUT2D eigenvalue weighted by Crippen LogP contribution is -2.02. The second kappa shape index (κ2) is 7.81. The Hall–Kier alpha value is -1.06. The first kappa shape index (κ1) is 16.3. The summed E-state index contributed by atoms with van der Waals surface area (Å²) in [4.78, 5) is 4.47. The number of unbranched alkanes of at least 4 members (excludes halogenated alkanes) is 1. The fraction of sp³-hybridized carbons (Fsp3) is 0.471. The molecule has 0 aliphatic heterocycles. The Morgan fingerprint density at radius 3 is 2.62 bits per heavy atom. The van der Waals surface area contributed by atoms with Crippen molar-refractivity contribution in [3.8, 4) is 5.75 Å². The minimum atomic E-state index is 0.505. The van der Waals surface area contributed by atoms with Gasteiger partial charge in [-0.05, 0) is 56.7 Å². The lowest BCUT2D eigenvalue weighted by atomic mass is 10.1. The normalized spacial score (nSPS) is 10.9. The van der Waals surface area contributed by atoms with Gasteiger partial charge in [0, 0.05) is 5.38 Å². The summed E-state index contributed by atoms with van der Waals surface area (Å²) in [5.74, 6) is 1.56. The van der Waals surface area contributed by atoms with Crippen molar-refractivity contribution in [3.63, 3.8) is 0 Å². The highest BCUT2D eigenvalue weighted by molar-refractivity contribution is 7.09. The van der Waals surface area contributed by atoms with Crippen molar-refractivity contribution in [2.24, 2.45) is 0 Å². The van der Waals surface area contributed by atoms with Crippen molar-refractivity contribution in [1.29, 1.82) is 0 Å². The van der Waals surface area contributed by atoms with E-state index in [0.717, 1.165) is 37.3 Å². The molecule has 114 valence electrons. The van der Waals surface area contributed by atoms with Gasteiger partial charge in [-0.1, -0.05) is 12.1 Å². The summed E-state index contributed by atoms with van der Waals surface area (Å²) in [5, 5.41) is 3.21. The molecule has 2 aromatic rings. The van der Waals surface area contributed by atoms with Gasteiger partial charge in [0.1, 0.15) is 5.75 Å². The number of hydrogen-bond donors (Lipinski definition) is 0. The van der Waals surface area contributed by atoms with Gasteiger partial charge in [-0.25, -0.2) is 4.98 Å². The van der Waals surface area contributed by atoms with Crippen LogP contribution in [0.2, 0.25) is 0 Å². The van der Waals surface area contributed by atoms with Crippen LogP contribution in [-0.2, 0) is 12.3 Å². The SMILES string of the molecule is Cc1ccc(C)c(OCCCCc2nc(CCl)cs2)c1C. The number of benzene rings is 1. The van der Waals surface area contributed by atoms with Crippen molar-refractivity contribution < 1.29 is 4.74 Å². The van der Waals surface area contributed by atoms with E-state index in [1.54, 1.807) is 11.3 Å². The number of aryl methyl sites for hydroxylation is 3. The van der Waals surface area contributed by atoms with E-state index in [1.807, 2.05) is 5.38 Å². The number of aromatic nitrogens is 1. The number of rotatable bonds is 7. The van der Waals surface area contributed by atoms with Crippen molar-refractivity contribution in [2.45, 2.75) is 45.9 Å². The molecule has 1 heterocycles. The first-order chi connectivity index (χ1) is 10.1. The van der Waals surface area contributed by atoms with Crippen LogP contribution in [0.3, 0.4) is 0 Å². The number of thiazole rings is 1. The van der Waals surface area contributed by atoms with Gasteiger partial charge in [0.2, 0.25) is 0 Å². The van der Waals surface area contributed by atoms with Crippen LogP contribution in [0.5, 0.6) is 5.75 Å². The molecule has 1 aromatic heterocycles. The fourth-order valence-electron chi connectivity index (χ4n) is 2.23. The molecular weight excluding hydrogens is 302 g/mol. The maximum atomic E-state index is 5.97. The first-order valence-corrected chi connectivity index (χ1v) is 8.72. The van der Waals surface area contributed by atoms with E-state index in [0.29, 0.717) is 5.88 Å². The van der Waals surface area contributed by atoms with E-state index < -0.39 is 0 Å². The van der Waals surface area contributed by atoms with Gasteiger partial charge in [-0.2, -0.15) is 0 Å². The first-order valence-electron chi connectivity index (χ1n) is 7.30. The average molecular weight is 324 g/mol. The highest BCUT2D eigenvalue weighted by Gasteiger charge is 2.06. The largest absolute Gasteiger partial charge is 0.493 e. The van der Waals surface area contributed by atoms with Crippen molar-refractivity contribution in [1.82, 2.24) is 4.98 Å². The van der Waals surface area contributed by atoms with Crippen LogP contribution >= 0.6 is 22.9 Å². The number of nitrogens with zero attached hydrogens (tertiary/aromatic N) is 1. The van der Waals surface area contributed by atoms with Crippen LogP contribution in [-0.4, -0.2) is 11.6 Å². The van der Waals surface area contributed by atoms with Crippen molar-refractivity contribution in [3.05, 3.63) is 44.9 Å². The van der Waals surface area contributed by atoms with Gasteiger partial charge >= 0.3 is 0 Å². The summed E-state index contributed by atoms with van der Waals surface area (Å²) in [6.45, 7) is 7.11. The smallest absolute Gasteiger partial charge is 0.125 e. The molecule has 0 spiro atoms. The van der Waals surface area contributed by atoms with Gasteiger partial charge in [0.25, 0.3) is 0 Å². The molecule has 0 unspecified atom stereocenters.